The van der Waals surface area contributed by atoms with E-state index >= 15 is 0 Å². The SMILES string of the molecule is NCC(O)Cn1ccc2cc(C(=O)N3CCC(Cc4ccccc4)CC3)ccc21. The molecule has 1 fully saturated rings. The van der Waals surface area contributed by atoms with Crippen molar-refractivity contribution in [3.05, 3.63) is 71.9 Å². The first-order valence-electron chi connectivity index (χ1n) is 10.4. The number of rotatable bonds is 6. The molecule has 1 atom stereocenters. The van der Waals surface area contributed by atoms with Crippen LogP contribution >= 0.6 is 0 Å². The topological polar surface area (TPSA) is 71.5 Å². The van der Waals surface area contributed by atoms with Crippen LogP contribution in [0.1, 0.15) is 28.8 Å². The Labute approximate surface area is 171 Å². The Balaban J connectivity index is 1.39. The Bertz CT molecular complexity index is 959. The van der Waals surface area contributed by atoms with Gasteiger partial charge in [0.1, 0.15) is 0 Å². The molecular formula is C24H29N3O2. The maximum atomic E-state index is 13.0. The third-order valence-electron chi connectivity index (χ3n) is 5.97. The number of nitrogens with two attached hydrogens (primary N) is 1. The van der Waals surface area contributed by atoms with E-state index in [1.165, 1.54) is 5.56 Å². The zero-order valence-corrected chi connectivity index (χ0v) is 16.7. The van der Waals surface area contributed by atoms with Crippen molar-refractivity contribution in [2.45, 2.75) is 31.9 Å². The Morgan fingerprint density at radius 2 is 1.86 bits per heavy atom. The molecule has 1 amide bonds. The lowest BCUT2D eigenvalue weighted by Crippen LogP contribution is -2.38. The third kappa shape index (κ3) is 4.52. The lowest BCUT2D eigenvalue weighted by Gasteiger charge is -2.32. The number of hydrogen-bond acceptors (Lipinski definition) is 3. The number of carbonyl (C=O) groups excluding carboxylic acids is 1. The molecule has 152 valence electrons. The number of piperidine rings is 1. The summed E-state index contributed by atoms with van der Waals surface area (Å²) >= 11 is 0. The summed E-state index contributed by atoms with van der Waals surface area (Å²) in [6, 6.07) is 18.4. The molecule has 0 saturated carbocycles. The minimum atomic E-state index is -0.566. The van der Waals surface area contributed by atoms with Gasteiger partial charge in [-0.1, -0.05) is 30.3 Å². The van der Waals surface area contributed by atoms with E-state index in [-0.39, 0.29) is 12.5 Å². The highest BCUT2D eigenvalue weighted by molar-refractivity contribution is 5.98. The third-order valence-corrected chi connectivity index (χ3v) is 5.97. The largest absolute Gasteiger partial charge is 0.390 e. The number of aromatic nitrogens is 1. The van der Waals surface area contributed by atoms with E-state index < -0.39 is 6.10 Å². The fraction of sp³-hybridized carbons (Fsp3) is 0.375. The maximum Gasteiger partial charge on any atom is 0.253 e. The summed E-state index contributed by atoms with van der Waals surface area (Å²) in [5.41, 5.74) is 8.64. The van der Waals surface area contributed by atoms with E-state index in [4.69, 9.17) is 5.73 Å². The van der Waals surface area contributed by atoms with E-state index in [1.54, 1.807) is 0 Å². The molecule has 2 heterocycles. The van der Waals surface area contributed by atoms with Crippen LogP contribution < -0.4 is 5.73 Å². The second-order valence-corrected chi connectivity index (χ2v) is 8.06. The van der Waals surface area contributed by atoms with Crippen LogP contribution in [0.4, 0.5) is 0 Å². The molecule has 5 heteroatoms. The minimum Gasteiger partial charge on any atom is -0.390 e. The van der Waals surface area contributed by atoms with Crippen LogP contribution in [-0.2, 0) is 13.0 Å². The molecule has 0 spiro atoms. The average molecular weight is 392 g/mol. The van der Waals surface area contributed by atoms with Crippen molar-refractivity contribution >= 4 is 16.8 Å². The summed E-state index contributed by atoms with van der Waals surface area (Å²) in [6.45, 7) is 2.33. The monoisotopic (exact) mass is 391 g/mol. The van der Waals surface area contributed by atoms with Crippen LogP contribution in [0.3, 0.4) is 0 Å². The molecule has 1 aliphatic heterocycles. The van der Waals surface area contributed by atoms with Gasteiger partial charge in [0.05, 0.1) is 6.10 Å². The van der Waals surface area contributed by atoms with Gasteiger partial charge in [0, 0.05) is 48.8 Å². The number of carbonyl (C=O) groups is 1. The van der Waals surface area contributed by atoms with E-state index in [2.05, 4.69) is 30.3 Å². The number of nitrogens with zero attached hydrogens (tertiary/aromatic N) is 2. The average Bonchev–Trinajstić information content (AvgIpc) is 3.16. The molecule has 2 aromatic carbocycles. The molecule has 5 nitrogen and oxygen atoms in total. The first-order valence-corrected chi connectivity index (χ1v) is 10.4. The second kappa shape index (κ2) is 8.80. The molecule has 4 rings (SSSR count). The molecule has 1 aromatic heterocycles. The molecule has 0 radical (unpaired) electrons. The van der Waals surface area contributed by atoms with E-state index in [0.29, 0.717) is 12.5 Å². The Morgan fingerprint density at radius 3 is 2.59 bits per heavy atom. The normalized spacial score (nSPS) is 16.3. The fourth-order valence-corrected chi connectivity index (χ4v) is 4.26. The first kappa shape index (κ1) is 19.7. The summed E-state index contributed by atoms with van der Waals surface area (Å²) in [5.74, 6) is 0.756. The highest BCUT2D eigenvalue weighted by Crippen LogP contribution is 2.24. The maximum absolute atomic E-state index is 13.0. The lowest BCUT2D eigenvalue weighted by atomic mass is 9.90. The van der Waals surface area contributed by atoms with Crippen LogP contribution in [-0.4, -0.2) is 46.2 Å². The number of aliphatic hydroxyl groups is 1. The molecule has 29 heavy (non-hydrogen) atoms. The summed E-state index contributed by atoms with van der Waals surface area (Å²) in [5, 5.41) is 10.8. The number of benzene rings is 2. The van der Waals surface area contributed by atoms with Gasteiger partial charge in [0.2, 0.25) is 0 Å². The summed E-state index contributed by atoms with van der Waals surface area (Å²) in [4.78, 5) is 15.0. The first-order chi connectivity index (χ1) is 14.1. The van der Waals surface area contributed by atoms with Gasteiger partial charge in [-0.2, -0.15) is 0 Å². The van der Waals surface area contributed by atoms with Gasteiger partial charge in [-0.05, 0) is 55.0 Å². The Kier molecular flexibility index (Phi) is 5.97. The quantitative estimate of drug-likeness (QED) is 0.678. The van der Waals surface area contributed by atoms with Crippen molar-refractivity contribution in [3.8, 4) is 0 Å². The van der Waals surface area contributed by atoms with Crippen LogP contribution in [0.15, 0.2) is 60.8 Å². The van der Waals surface area contributed by atoms with Gasteiger partial charge in [-0.25, -0.2) is 0 Å². The highest BCUT2D eigenvalue weighted by Gasteiger charge is 2.24. The van der Waals surface area contributed by atoms with Gasteiger partial charge >= 0.3 is 0 Å². The van der Waals surface area contributed by atoms with Crippen LogP contribution in [0.2, 0.25) is 0 Å². The van der Waals surface area contributed by atoms with Crippen molar-refractivity contribution in [1.29, 1.82) is 0 Å². The van der Waals surface area contributed by atoms with Crippen molar-refractivity contribution < 1.29 is 9.90 Å². The molecule has 3 N–H and O–H groups in total. The van der Waals surface area contributed by atoms with Crippen molar-refractivity contribution in [2.24, 2.45) is 11.7 Å². The predicted molar refractivity (Wildman–Crippen MR) is 116 cm³/mol. The van der Waals surface area contributed by atoms with E-state index in [9.17, 15) is 9.90 Å². The number of hydrogen-bond donors (Lipinski definition) is 2. The Morgan fingerprint density at radius 1 is 1.10 bits per heavy atom. The molecule has 0 bridgehead atoms. The predicted octanol–water partition coefficient (Wildman–Crippen LogP) is 3.06. The molecule has 1 saturated heterocycles. The number of likely N-dealkylation sites (tertiary alicyclic amines) is 1. The van der Waals surface area contributed by atoms with Crippen LogP contribution in [0.5, 0.6) is 0 Å². The molecule has 1 unspecified atom stereocenters. The number of amides is 1. The number of fused-ring (bicyclic) bond motifs is 1. The Hall–Kier alpha value is -2.63. The van der Waals surface area contributed by atoms with Crippen LogP contribution in [0.25, 0.3) is 10.9 Å². The van der Waals surface area contributed by atoms with Gasteiger partial charge in [0.15, 0.2) is 0 Å². The van der Waals surface area contributed by atoms with Crippen molar-refractivity contribution in [1.82, 2.24) is 9.47 Å². The summed E-state index contributed by atoms with van der Waals surface area (Å²) < 4.78 is 1.98. The van der Waals surface area contributed by atoms with Crippen molar-refractivity contribution in [3.63, 3.8) is 0 Å². The lowest BCUT2D eigenvalue weighted by molar-refractivity contribution is 0.0690. The smallest absolute Gasteiger partial charge is 0.253 e. The molecule has 0 aliphatic carbocycles. The fourth-order valence-electron chi connectivity index (χ4n) is 4.26. The molecule has 1 aliphatic rings. The zero-order valence-electron chi connectivity index (χ0n) is 16.7. The van der Waals surface area contributed by atoms with Crippen molar-refractivity contribution in [2.75, 3.05) is 19.6 Å². The molecule has 3 aromatic rings. The van der Waals surface area contributed by atoms with E-state index in [0.717, 1.165) is 48.8 Å². The zero-order chi connectivity index (χ0) is 20.2. The van der Waals surface area contributed by atoms with Gasteiger partial charge in [-0.3, -0.25) is 4.79 Å². The van der Waals surface area contributed by atoms with Gasteiger partial charge in [0.25, 0.3) is 5.91 Å². The van der Waals surface area contributed by atoms with Gasteiger partial charge < -0.3 is 20.3 Å². The summed E-state index contributed by atoms with van der Waals surface area (Å²) in [7, 11) is 0. The standard InChI is InChI=1S/C24H29N3O2/c25-16-22(28)17-27-13-10-20-15-21(6-7-23(20)27)24(29)26-11-8-19(9-12-26)14-18-4-2-1-3-5-18/h1-7,10,13,15,19,22,28H,8-9,11-12,14,16-17,25H2. The highest BCUT2D eigenvalue weighted by atomic mass is 16.3. The van der Waals surface area contributed by atoms with Gasteiger partial charge in [-0.15, -0.1) is 0 Å². The molecular weight excluding hydrogens is 362 g/mol. The summed E-state index contributed by atoms with van der Waals surface area (Å²) in [6.07, 6.45) is 4.57. The number of aliphatic hydroxyl groups excluding tert-OH is 1. The van der Waals surface area contributed by atoms with Crippen LogP contribution in [0, 0.1) is 5.92 Å². The van der Waals surface area contributed by atoms with E-state index in [1.807, 2.05) is 39.9 Å². The minimum absolute atomic E-state index is 0.111. The second-order valence-electron chi connectivity index (χ2n) is 8.06.